The van der Waals surface area contributed by atoms with E-state index in [1.807, 2.05) is 0 Å². The van der Waals surface area contributed by atoms with Crippen LogP contribution in [0.25, 0.3) is 104 Å². The van der Waals surface area contributed by atoms with Crippen molar-refractivity contribution in [3.63, 3.8) is 0 Å². The van der Waals surface area contributed by atoms with Crippen molar-refractivity contribution < 1.29 is 4.42 Å². The SMILES string of the molecule is c1ccc(-c2ccc(-n3c4ccc(N(c5ccc(-c6ccc7ccccc7c6)cc5)c5c6ccccc6cc6oc7ccccc7c56)cc4c4c5ccccc5ccc43)cc2)cc1. The van der Waals surface area contributed by atoms with Crippen LogP contribution < -0.4 is 4.90 Å². The predicted octanol–water partition coefficient (Wildman–Crippen LogP) is 16.9. The van der Waals surface area contributed by atoms with Gasteiger partial charge in [0, 0.05) is 38.6 Å². The molecular weight excluding hydrogens is 765 g/mol. The second-order valence-corrected chi connectivity index (χ2v) is 16.5. The fourth-order valence-corrected chi connectivity index (χ4v) is 9.97. The standard InChI is InChI=1S/C60H38N2O/c1-2-12-39(13-3-1)41-24-31-48(32-25-41)62-54-35-33-49(38-53(54)58-50-18-8-6-15-43(50)28-34-55(58)62)61(47-29-26-42(27-30-47)45-23-22-40-14-4-5-16-44(40)36-45)60-51-19-9-7-17-46(51)37-57-59(60)52-20-10-11-21-56(52)63-57/h1-38H. The molecule has 0 radical (unpaired) electrons. The average molecular weight is 803 g/mol. The van der Waals surface area contributed by atoms with E-state index >= 15 is 0 Å². The molecule has 0 amide bonds. The Morgan fingerprint density at radius 1 is 0.317 bits per heavy atom. The minimum Gasteiger partial charge on any atom is -0.456 e. The molecule has 2 aromatic heterocycles. The molecule has 0 saturated carbocycles. The Morgan fingerprint density at radius 2 is 0.905 bits per heavy atom. The normalized spacial score (nSPS) is 11.8. The van der Waals surface area contributed by atoms with Crippen molar-refractivity contribution in [1.82, 2.24) is 4.57 Å². The fourth-order valence-electron chi connectivity index (χ4n) is 9.97. The fraction of sp³-hybridized carbons (Fsp3) is 0. The van der Waals surface area contributed by atoms with Crippen LogP contribution in [0.4, 0.5) is 17.1 Å². The Bertz CT molecular complexity index is 3900. The highest BCUT2D eigenvalue weighted by Crippen LogP contribution is 2.49. The molecule has 0 spiro atoms. The van der Waals surface area contributed by atoms with Gasteiger partial charge in [0.25, 0.3) is 0 Å². The van der Waals surface area contributed by atoms with E-state index < -0.39 is 0 Å². The Balaban J connectivity index is 1.08. The molecule has 0 aliphatic carbocycles. The number of anilines is 3. The quantitative estimate of drug-likeness (QED) is 0.167. The van der Waals surface area contributed by atoms with Crippen molar-refractivity contribution in [3.05, 3.63) is 231 Å². The van der Waals surface area contributed by atoms with Gasteiger partial charge < -0.3 is 13.9 Å². The first-order valence-corrected chi connectivity index (χ1v) is 21.6. The van der Waals surface area contributed by atoms with Crippen LogP contribution in [-0.4, -0.2) is 4.57 Å². The van der Waals surface area contributed by atoms with Crippen LogP contribution in [0.2, 0.25) is 0 Å². The van der Waals surface area contributed by atoms with E-state index in [9.17, 15) is 0 Å². The Hall–Kier alpha value is -8.40. The number of furan rings is 1. The van der Waals surface area contributed by atoms with Crippen molar-refractivity contribution >= 4 is 93.1 Å². The topological polar surface area (TPSA) is 21.3 Å². The molecule has 0 atom stereocenters. The van der Waals surface area contributed by atoms with Crippen molar-refractivity contribution in [3.8, 4) is 27.9 Å². The van der Waals surface area contributed by atoms with E-state index in [1.165, 1.54) is 60.1 Å². The predicted molar refractivity (Wildman–Crippen MR) is 266 cm³/mol. The Kier molecular flexibility index (Phi) is 7.91. The van der Waals surface area contributed by atoms with E-state index in [0.29, 0.717) is 0 Å². The van der Waals surface area contributed by atoms with Crippen LogP contribution >= 0.6 is 0 Å². The van der Waals surface area contributed by atoms with Gasteiger partial charge in [0.2, 0.25) is 0 Å². The molecule has 0 saturated heterocycles. The maximum absolute atomic E-state index is 6.67. The Labute approximate surface area is 363 Å². The number of rotatable bonds is 6. The van der Waals surface area contributed by atoms with Gasteiger partial charge in [-0.1, -0.05) is 164 Å². The van der Waals surface area contributed by atoms with Gasteiger partial charge >= 0.3 is 0 Å². The van der Waals surface area contributed by atoms with Crippen LogP contribution in [0, 0.1) is 0 Å². The number of hydrogen-bond acceptors (Lipinski definition) is 2. The molecule has 13 rings (SSSR count). The largest absolute Gasteiger partial charge is 0.456 e. The lowest BCUT2D eigenvalue weighted by Crippen LogP contribution is -2.11. The highest BCUT2D eigenvalue weighted by atomic mass is 16.3. The smallest absolute Gasteiger partial charge is 0.138 e. The second kappa shape index (κ2) is 14.1. The number of nitrogens with zero attached hydrogens (tertiary/aromatic N) is 2. The number of hydrogen-bond donors (Lipinski definition) is 0. The number of aromatic nitrogens is 1. The van der Waals surface area contributed by atoms with E-state index in [1.54, 1.807) is 0 Å². The molecular formula is C60H38N2O. The first-order valence-electron chi connectivity index (χ1n) is 21.6. The van der Waals surface area contributed by atoms with Gasteiger partial charge in [-0.3, -0.25) is 0 Å². The molecule has 11 aromatic carbocycles. The summed E-state index contributed by atoms with van der Waals surface area (Å²) in [4.78, 5) is 2.46. The summed E-state index contributed by atoms with van der Waals surface area (Å²) in [7, 11) is 0. The molecule has 0 unspecified atom stereocenters. The van der Waals surface area contributed by atoms with Crippen molar-refractivity contribution in [1.29, 1.82) is 0 Å². The van der Waals surface area contributed by atoms with E-state index in [4.69, 9.17) is 4.42 Å². The summed E-state index contributed by atoms with van der Waals surface area (Å²) in [5.74, 6) is 0. The zero-order valence-electron chi connectivity index (χ0n) is 34.2. The van der Waals surface area contributed by atoms with E-state index in [-0.39, 0.29) is 0 Å². The molecule has 0 aliphatic rings. The zero-order chi connectivity index (χ0) is 41.4. The van der Waals surface area contributed by atoms with Gasteiger partial charge in [0.15, 0.2) is 0 Å². The monoisotopic (exact) mass is 802 g/mol. The summed E-state index contributed by atoms with van der Waals surface area (Å²) < 4.78 is 9.10. The van der Waals surface area contributed by atoms with Gasteiger partial charge in [-0.15, -0.1) is 0 Å². The van der Waals surface area contributed by atoms with Gasteiger partial charge in [0.05, 0.1) is 22.1 Å². The van der Waals surface area contributed by atoms with Crippen molar-refractivity contribution in [2.24, 2.45) is 0 Å². The lowest BCUT2D eigenvalue weighted by Gasteiger charge is -2.28. The molecule has 294 valence electrons. The highest BCUT2D eigenvalue weighted by Gasteiger charge is 2.24. The molecule has 3 heteroatoms. The third-order valence-corrected chi connectivity index (χ3v) is 12.9. The number of para-hydroxylation sites is 1. The van der Waals surface area contributed by atoms with Crippen LogP contribution in [0.5, 0.6) is 0 Å². The first-order chi connectivity index (χ1) is 31.2. The number of benzene rings is 11. The van der Waals surface area contributed by atoms with Gasteiger partial charge in [-0.25, -0.2) is 0 Å². The Morgan fingerprint density at radius 3 is 1.73 bits per heavy atom. The molecule has 2 heterocycles. The molecule has 0 aliphatic heterocycles. The summed E-state index contributed by atoms with van der Waals surface area (Å²) in [6.07, 6.45) is 0. The maximum atomic E-state index is 6.67. The summed E-state index contributed by atoms with van der Waals surface area (Å²) in [6.45, 7) is 0. The zero-order valence-corrected chi connectivity index (χ0v) is 34.2. The van der Waals surface area contributed by atoms with Crippen LogP contribution in [0.3, 0.4) is 0 Å². The molecule has 3 nitrogen and oxygen atoms in total. The molecule has 0 bridgehead atoms. The lowest BCUT2D eigenvalue weighted by molar-refractivity contribution is 0.669. The van der Waals surface area contributed by atoms with Gasteiger partial charge in [-0.2, -0.15) is 0 Å². The van der Waals surface area contributed by atoms with Gasteiger partial charge in [-0.05, 0) is 116 Å². The summed E-state index contributed by atoms with van der Waals surface area (Å²) >= 11 is 0. The van der Waals surface area contributed by atoms with Crippen LogP contribution in [0.1, 0.15) is 0 Å². The molecule has 63 heavy (non-hydrogen) atoms. The van der Waals surface area contributed by atoms with E-state index in [0.717, 1.165) is 61.0 Å². The average Bonchev–Trinajstić information content (AvgIpc) is 3.90. The summed E-state index contributed by atoms with van der Waals surface area (Å²) in [6, 6.07) is 83.6. The highest BCUT2D eigenvalue weighted by molar-refractivity contribution is 6.24. The third-order valence-electron chi connectivity index (χ3n) is 12.9. The minimum atomic E-state index is 0.866. The van der Waals surface area contributed by atoms with Crippen molar-refractivity contribution in [2.75, 3.05) is 4.90 Å². The van der Waals surface area contributed by atoms with Crippen LogP contribution in [0.15, 0.2) is 235 Å². The van der Waals surface area contributed by atoms with Crippen molar-refractivity contribution in [2.45, 2.75) is 0 Å². The van der Waals surface area contributed by atoms with E-state index in [2.05, 4.69) is 240 Å². The summed E-state index contributed by atoms with van der Waals surface area (Å²) in [5.41, 5.74) is 13.2. The maximum Gasteiger partial charge on any atom is 0.138 e. The molecule has 0 N–H and O–H groups in total. The first kappa shape index (κ1) is 35.4. The lowest BCUT2D eigenvalue weighted by atomic mass is 9.99. The summed E-state index contributed by atoms with van der Waals surface area (Å²) in [5, 5.41) is 11.8. The second-order valence-electron chi connectivity index (χ2n) is 16.5. The molecule has 13 aromatic rings. The van der Waals surface area contributed by atoms with Crippen LogP contribution in [-0.2, 0) is 0 Å². The third kappa shape index (κ3) is 5.67. The minimum absolute atomic E-state index is 0.866. The number of fused-ring (bicyclic) bond motifs is 10. The van der Waals surface area contributed by atoms with Gasteiger partial charge in [0.1, 0.15) is 11.2 Å². The molecule has 0 fully saturated rings.